The van der Waals surface area contributed by atoms with Crippen LogP contribution in [-0.4, -0.2) is 31.3 Å². The van der Waals surface area contributed by atoms with Crippen molar-refractivity contribution >= 4 is 24.6 Å². The molecule has 1 rings (SSSR count). The average Bonchev–Trinajstić information content (AvgIpc) is 2.50. The van der Waals surface area contributed by atoms with E-state index in [0.717, 1.165) is 32.7 Å². The fourth-order valence-electron chi connectivity index (χ4n) is 2.62. The Bertz CT molecular complexity index is 659. The van der Waals surface area contributed by atoms with Gasteiger partial charge in [-0.3, -0.25) is 4.79 Å². The van der Waals surface area contributed by atoms with Gasteiger partial charge >= 0.3 is 11.9 Å². The van der Waals surface area contributed by atoms with Gasteiger partial charge in [0.1, 0.15) is 12.2 Å². The molecule has 25 heavy (non-hydrogen) atoms. The minimum atomic E-state index is -0.540. The van der Waals surface area contributed by atoms with E-state index in [4.69, 9.17) is 14.2 Å². The summed E-state index contributed by atoms with van der Waals surface area (Å²) in [6, 6.07) is 0. The summed E-state index contributed by atoms with van der Waals surface area (Å²) in [5.41, 5.74) is 4.18. The van der Waals surface area contributed by atoms with Gasteiger partial charge in [-0.1, -0.05) is 0 Å². The molecule has 0 fully saturated rings. The van der Waals surface area contributed by atoms with Crippen LogP contribution in [0.25, 0.3) is 0 Å². The zero-order valence-corrected chi connectivity index (χ0v) is 17.0. The number of rotatable bonds is 6. The molecule has 0 heterocycles. The van der Waals surface area contributed by atoms with Gasteiger partial charge in [0, 0.05) is 4.90 Å². The summed E-state index contributed by atoms with van der Waals surface area (Å²) in [7, 11) is 1.37. The van der Waals surface area contributed by atoms with Crippen LogP contribution in [0.2, 0.25) is 0 Å². The summed E-state index contributed by atoms with van der Waals surface area (Å²) in [6.45, 7) is 11.4. The second-order valence-electron chi connectivity index (χ2n) is 7.01. The lowest BCUT2D eigenvalue weighted by molar-refractivity contribution is -0.160. The molecule has 140 valence electrons. The van der Waals surface area contributed by atoms with E-state index in [2.05, 4.69) is 12.6 Å². The Labute approximate surface area is 155 Å². The molecule has 0 amide bonds. The molecule has 0 unspecified atom stereocenters. The minimum absolute atomic E-state index is 0.127. The van der Waals surface area contributed by atoms with Gasteiger partial charge in [-0.05, 0) is 69.4 Å². The van der Waals surface area contributed by atoms with Crippen molar-refractivity contribution in [3.63, 3.8) is 0 Å². The number of esters is 2. The van der Waals surface area contributed by atoms with Crippen molar-refractivity contribution in [2.24, 2.45) is 0 Å². The molecule has 0 bridgehead atoms. The number of thiol groups is 1. The first kappa shape index (κ1) is 21.5. The van der Waals surface area contributed by atoms with E-state index in [1.807, 2.05) is 41.5 Å². The second-order valence-corrected chi connectivity index (χ2v) is 7.46. The van der Waals surface area contributed by atoms with Gasteiger partial charge in [0.25, 0.3) is 0 Å². The SMILES string of the molecule is COC(=O)Cc1c(C)c(S)c(C)c(COCC(=O)OC(C)(C)C)c1C. The maximum atomic E-state index is 11.8. The Hall–Kier alpha value is -1.53. The number of carbonyl (C=O) groups is 2. The number of hydrogen-bond acceptors (Lipinski definition) is 6. The molecule has 1 aromatic rings. The Morgan fingerprint density at radius 3 is 2.04 bits per heavy atom. The first-order valence-electron chi connectivity index (χ1n) is 8.14. The topological polar surface area (TPSA) is 61.8 Å². The fourth-order valence-corrected chi connectivity index (χ4v) is 2.89. The second kappa shape index (κ2) is 8.72. The van der Waals surface area contributed by atoms with Gasteiger partial charge < -0.3 is 14.2 Å². The first-order chi connectivity index (χ1) is 11.5. The molecule has 6 heteroatoms. The molecule has 0 aliphatic rings. The van der Waals surface area contributed by atoms with Crippen LogP contribution >= 0.6 is 12.6 Å². The zero-order chi connectivity index (χ0) is 19.4. The van der Waals surface area contributed by atoms with E-state index in [9.17, 15) is 9.59 Å². The fraction of sp³-hybridized carbons (Fsp3) is 0.579. The van der Waals surface area contributed by atoms with Crippen LogP contribution in [0.15, 0.2) is 4.90 Å². The monoisotopic (exact) mass is 368 g/mol. The number of carbonyl (C=O) groups excluding carboxylic acids is 2. The predicted molar refractivity (Wildman–Crippen MR) is 99.1 cm³/mol. The Balaban J connectivity index is 2.96. The van der Waals surface area contributed by atoms with Crippen LogP contribution in [0.1, 0.15) is 48.6 Å². The quantitative estimate of drug-likeness (QED) is 0.615. The third-order valence-corrected chi connectivity index (χ3v) is 4.63. The molecule has 0 radical (unpaired) electrons. The molecule has 1 aromatic carbocycles. The van der Waals surface area contributed by atoms with Crippen molar-refractivity contribution < 1.29 is 23.8 Å². The molecule has 0 atom stereocenters. The molecule has 0 saturated carbocycles. The predicted octanol–water partition coefficient (Wildman–Crippen LogP) is 3.47. The highest BCUT2D eigenvalue weighted by molar-refractivity contribution is 7.80. The smallest absolute Gasteiger partial charge is 0.332 e. The lowest BCUT2D eigenvalue weighted by Crippen LogP contribution is -2.26. The summed E-state index contributed by atoms with van der Waals surface area (Å²) < 4.78 is 15.6. The molecule has 5 nitrogen and oxygen atoms in total. The van der Waals surface area contributed by atoms with Gasteiger partial charge in [-0.25, -0.2) is 4.79 Å². The highest BCUT2D eigenvalue weighted by atomic mass is 32.1. The first-order valence-corrected chi connectivity index (χ1v) is 8.59. The van der Waals surface area contributed by atoms with Crippen LogP contribution in [-0.2, 0) is 36.8 Å². The summed E-state index contributed by atoms with van der Waals surface area (Å²) >= 11 is 4.57. The average molecular weight is 368 g/mol. The van der Waals surface area contributed by atoms with E-state index < -0.39 is 11.6 Å². The van der Waals surface area contributed by atoms with Crippen molar-refractivity contribution in [1.82, 2.24) is 0 Å². The summed E-state index contributed by atoms with van der Waals surface area (Å²) in [6.07, 6.45) is 0.182. The van der Waals surface area contributed by atoms with Crippen molar-refractivity contribution in [1.29, 1.82) is 0 Å². The van der Waals surface area contributed by atoms with Crippen molar-refractivity contribution in [3.05, 3.63) is 27.8 Å². The van der Waals surface area contributed by atoms with Gasteiger partial charge in [0.2, 0.25) is 0 Å². The van der Waals surface area contributed by atoms with E-state index in [-0.39, 0.29) is 25.6 Å². The zero-order valence-electron chi connectivity index (χ0n) is 16.1. The summed E-state index contributed by atoms with van der Waals surface area (Å²) in [5.74, 6) is -0.709. The van der Waals surface area contributed by atoms with Crippen LogP contribution in [0.5, 0.6) is 0 Å². The van der Waals surface area contributed by atoms with E-state index in [1.54, 1.807) is 0 Å². The Kier molecular flexibility index (Phi) is 7.50. The van der Waals surface area contributed by atoms with Gasteiger partial charge in [0.15, 0.2) is 0 Å². The van der Waals surface area contributed by atoms with Crippen LogP contribution in [0.4, 0.5) is 0 Å². The van der Waals surface area contributed by atoms with Crippen molar-refractivity contribution in [3.8, 4) is 0 Å². The third-order valence-electron chi connectivity index (χ3n) is 3.96. The molecule has 0 aromatic heterocycles. The largest absolute Gasteiger partial charge is 0.469 e. The van der Waals surface area contributed by atoms with Crippen LogP contribution in [0.3, 0.4) is 0 Å². The molecule has 0 saturated heterocycles. The third kappa shape index (κ3) is 6.04. The normalized spacial score (nSPS) is 11.4. The lowest BCUT2D eigenvalue weighted by Gasteiger charge is -2.21. The highest BCUT2D eigenvalue weighted by Gasteiger charge is 2.19. The van der Waals surface area contributed by atoms with Crippen molar-refractivity contribution in [2.75, 3.05) is 13.7 Å². The number of benzene rings is 1. The maximum Gasteiger partial charge on any atom is 0.332 e. The number of hydrogen-bond donors (Lipinski definition) is 1. The lowest BCUT2D eigenvalue weighted by atomic mass is 9.92. The summed E-state index contributed by atoms with van der Waals surface area (Å²) in [4.78, 5) is 24.3. The number of methoxy groups -OCH3 is 1. The highest BCUT2D eigenvalue weighted by Crippen LogP contribution is 2.30. The summed E-state index contributed by atoms with van der Waals surface area (Å²) in [5, 5.41) is 0. The molecule has 0 N–H and O–H groups in total. The molecular formula is C19H28O5S. The van der Waals surface area contributed by atoms with Gasteiger partial charge in [-0.2, -0.15) is 0 Å². The maximum absolute atomic E-state index is 11.8. The number of ether oxygens (including phenoxy) is 3. The standard InChI is InChI=1S/C19H28O5S/c1-11-14(8-16(20)22-7)12(2)18(25)13(3)15(11)9-23-10-17(21)24-19(4,5)6/h25H,8-10H2,1-7H3. The van der Waals surface area contributed by atoms with Crippen LogP contribution in [0, 0.1) is 20.8 Å². The minimum Gasteiger partial charge on any atom is -0.469 e. The van der Waals surface area contributed by atoms with E-state index >= 15 is 0 Å². The van der Waals surface area contributed by atoms with Gasteiger partial charge in [0.05, 0.1) is 20.1 Å². The van der Waals surface area contributed by atoms with Gasteiger partial charge in [-0.15, -0.1) is 12.6 Å². The molecule has 0 aliphatic heterocycles. The Morgan fingerprint density at radius 2 is 1.52 bits per heavy atom. The Morgan fingerprint density at radius 1 is 0.960 bits per heavy atom. The van der Waals surface area contributed by atoms with E-state index in [1.165, 1.54) is 7.11 Å². The molecular weight excluding hydrogens is 340 g/mol. The molecule has 0 aliphatic carbocycles. The van der Waals surface area contributed by atoms with Crippen LogP contribution < -0.4 is 0 Å². The van der Waals surface area contributed by atoms with E-state index in [0.29, 0.717) is 0 Å². The molecule has 0 spiro atoms. The van der Waals surface area contributed by atoms with Crippen molar-refractivity contribution in [2.45, 2.75) is 65.1 Å².